The van der Waals surface area contributed by atoms with Crippen LogP contribution in [0.4, 0.5) is 5.69 Å². The molecular formula is C11H17NO3Si. The predicted molar refractivity (Wildman–Crippen MR) is 66.2 cm³/mol. The van der Waals surface area contributed by atoms with Gasteiger partial charge in [0.25, 0.3) is 0 Å². The van der Waals surface area contributed by atoms with E-state index < -0.39 is 14.3 Å². The zero-order chi connectivity index (χ0) is 12.3. The Bertz CT molecular complexity index is 399. The third-order valence-electron chi connectivity index (χ3n) is 1.83. The number of rotatable bonds is 3. The molecule has 0 amide bonds. The summed E-state index contributed by atoms with van der Waals surface area (Å²) in [6.07, 6.45) is 0. The smallest absolute Gasteiger partial charge is 0.341 e. The zero-order valence-corrected chi connectivity index (χ0v) is 11.0. The summed E-state index contributed by atoms with van der Waals surface area (Å²) in [7, 11) is -0.417. The van der Waals surface area contributed by atoms with E-state index in [1.165, 1.54) is 7.11 Å². The van der Waals surface area contributed by atoms with Crippen LogP contribution in [0.3, 0.4) is 0 Å². The van der Waals surface area contributed by atoms with Crippen LogP contribution in [0, 0.1) is 0 Å². The molecule has 0 aromatic heterocycles. The first-order valence-electron chi connectivity index (χ1n) is 5.00. The van der Waals surface area contributed by atoms with Gasteiger partial charge in [-0.3, -0.25) is 0 Å². The second-order valence-electron chi connectivity index (χ2n) is 4.46. The maximum atomic E-state index is 11.5. The minimum absolute atomic E-state index is 0.380. The Hall–Kier alpha value is -1.49. The van der Waals surface area contributed by atoms with E-state index in [-0.39, 0.29) is 0 Å². The monoisotopic (exact) mass is 239 g/mol. The number of hydrogen-bond acceptors (Lipinski definition) is 4. The minimum Gasteiger partial charge on any atom is -0.544 e. The van der Waals surface area contributed by atoms with Crippen LogP contribution in [0.15, 0.2) is 18.2 Å². The molecule has 5 heteroatoms. The molecule has 1 aromatic rings. The van der Waals surface area contributed by atoms with E-state index >= 15 is 0 Å². The Morgan fingerprint density at radius 3 is 2.44 bits per heavy atom. The summed E-state index contributed by atoms with van der Waals surface area (Å²) in [5, 5.41) is 0. The fourth-order valence-electron chi connectivity index (χ4n) is 1.24. The number of nitrogens with two attached hydrogens (primary N) is 1. The number of ether oxygens (including phenoxy) is 1. The van der Waals surface area contributed by atoms with E-state index in [0.29, 0.717) is 17.0 Å². The summed E-state index contributed by atoms with van der Waals surface area (Å²) in [6, 6.07) is 4.99. The predicted octanol–water partition coefficient (Wildman–Crippen LogP) is 2.27. The molecule has 16 heavy (non-hydrogen) atoms. The molecule has 4 nitrogen and oxygen atoms in total. The molecule has 0 fully saturated rings. The molecule has 2 N–H and O–H groups in total. The van der Waals surface area contributed by atoms with Crippen molar-refractivity contribution < 1.29 is 14.0 Å². The summed E-state index contributed by atoms with van der Waals surface area (Å²) in [5.41, 5.74) is 6.53. The van der Waals surface area contributed by atoms with Crippen LogP contribution >= 0.6 is 0 Å². The minimum atomic E-state index is -1.75. The average molecular weight is 239 g/mol. The summed E-state index contributed by atoms with van der Waals surface area (Å²) in [4.78, 5) is 11.5. The lowest BCUT2D eigenvalue weighted by Crippen LogP contribution is -2.30. The summed E-state index contributed by atoms with van der Waals surface area (Å²) < 4.78 is 10.5. The highest BCUT2D eigenvalue weighted by Gasteiger charge is 2.21. The standard InChI is InChI=1S/C11H17NO3Si/c1-14-11(13)9-7-8(12)5-6-10(9)15-16(2,3)4/h5-7H,12H2,1-4H3. The highest BCUT2D eigenvalue weighted by molar-refractivity contribution is 6.70. The summed E-state index contributed by atoms with van der Waals surface area (Å²) >= 11 is 0. The van der Waals surface area contributed by atoms with Gasteiger partial charge in [0.15, 0.2) is 0 Å². The van der Waals surface area contributed by atoms with Crippen LogP contribution in [0.2, 0.25) is 19.6 Å². The van der Waals surface area contributed by atoms with Gasteiger partial charge in [-0.1, -0.05) is 0 Å². The Kier molecular flexibility index (Phi) is 3.59. The SMILES string of the molecule is COC(=O)c1cc(N)ccc1O[Si](C)(C)C. The molecule has 1 aromatic carbocycles. The second kappa shape index (κ2) is 4.57. The van der Waals surface area contributed by atoms with Crippen LogP contribution in [0.5, 0.6) is 5.75 Å². The van der Waals surface area contributed by atoms with Crippen LogP contribution in [0.25, 0.3) is 0 Å². The van der Waals surface area contributed by atoms with Crippen molar-refractivity contribution in [3.63, 3.8) is 0 Å². The van der Waals surface area contributed by atoms with E-state index in [1.54, 1.807) is 18.2 Å². The Balaban J connectivity index is 3.13. The Labute approximate surface area is 96.5 Å². The molecule has 0 atom stereocenters. The van der Waals surface area contributed by atoms with Gasteiger partial charge in [-0.25, -0.2) is 4.79 Å². The van der Waals surface area contributed by atoms with Crippen molar-refractivity contribution in [2.45, 2.75) is 19.6 Å². The third kappa shape index (κ3) is 3.27. The number of carbonyl (C=O) groups excluding carboxylic acids is 1. The topological polar surface area (TPSA) is 61.5 Å². The van der Waals surface area contributed by atoms with Crippen molar-refractivity contribution >= 4 is 20.0 Å². The number of nitrogen functional groups attached to an aromatic ring is 1. The third-order valence-corrected chi connectivity index (χ3v) is 2.66. The lowest BCUT2D eigenvalue weighted by atomic mass is 10.2. The average Bonchev–Trinajstić information content (AvgIpc) is 2.17. The van der Waals surface area contributed by atoms with Gasteiger partial charge in [0.05, 0.1) is 7.11 Å². The molecule has 1 rings (SSSR count). The highest BCUT2D eigenvalue weighted by atomic mass is 28.4. The first kappa shape index (κ1) is 12.6. The van der Waals surface area contributed by atoms with E-state index in [4.69, 9.17) is 10.2 Å². The Morgan fingerprint density at radius 2 is 1.94 bits per heavy atom. The Morgan fingerprint density at radius 1 is 1.31 bits per heavy atom. The van der Waals surface area contributed by atoms with E-state index in [9.17, 15) is 4.79 Å². The van der Waals surface area contributed by atoms with Gasteiger partial charge in [0, 0.05) is 5.69 Å². The first-order valence-corrected chi connectivity index (χ1v) is 8.41. The molecule has 0 aliphatic rings. The van der Waals surface area contributed by atoms with Crippen molar-refractivity contribution in [1.82, 2.24) is 0 Å². The molecule has 0 bridgehead atoms. The number of hydrogen-bond donors (Lipinski definition) is 1. The van der Waals surface area contributed by atoms with Crippen molar-refractivity contribution in [2.75, 3.05) is 12.8 Å². The van der Waals surface area contributed by atoms with Crippen LogP contribution < -0.4 is 10.2 Å². The lowest BCUT2D eigenvalue weighted by Gasteiger charge is -2.21. The van der Waals surface area contributed by atoms with Crippen molar-refractivity contribution in [3.8, 4) is 5.75 Å². The number of esters is 1. The molecule has 0 heterocycles. The summed E-state index contributed by atoms with van der Waals surface area (Å²) in [6.45, 7) is 6.14. The second-order valence-corrected chi connectivity index (χ2v) is 8.89. The molecule has 0 aliphatic carbocycles. The van der Waals surface area contributed by atoms with E-state index in [1.807, 2.05) is 19.6 Å². The molecule has 0 unspecified atom stereocenters. The van der Waals surface area contributed by atoms with Gasteiger partial charge in [-0.05, 0) is 37.8 Å². The van der Waals surface area contributed by atoms with Gasteiger partial charge in [-0.15, -0.1) is 0 Å². The van der Waals surface area contributed by atoms with Gasteiger partial charge in [0.1, 0.15) is 11.3 Å². The van der Waals surface area contributed by atoms with Crippen LogP contribution in [0.1, 0.15) is 10.4 Å². The van der Waals surface area contributed by atoms with Crippen molar-refractivity contribution in [2.24, 2.45) is 0 Å². The first-order chi connectivity index (χ1) is 7.33. The van der Waals surface area contributed by atoms with E-state index in [0.717, 1.165) is 0 Å². The maximum Gasteiger partial charge on any atom is 0.341 e. The molecule has 0 saturated heterocycles. The summed E-state index contributed by atoms with van der Waals surface area (Å²) in [5.74, 6) is 0.112. The van der Waals surface area contributed by atoms with Crippen molar-refractivity contribution in [3.05, 3.63) is 23.8 Å². The number of anilines is 1. The molecular weight excluding hydrogens is 222 g/mol. The largest absolute Gasteiger partial charge is 0.544 e. The van der Waals surface area contributed by atoms with Gasteiger partial charge < -0.3 is 14.9 Å². The quantitative estimate of drug-likeness (QED) is 0.499. The normalized spacial score (nSPS) is 11.0. The molecule has 0 radical (unpaired) electrons. The maximum absolute atomic E-state index is 11.5. The molecule has 0 aliphatic heterocycles. The van der Waals surface area contributed by atoms with Gasteiger partial charge in [-0.2, -0.15) is 0 Å². The van der Waals surface area contributed by atoms with Crippen LogP contribution in [-0.4, -0.2) is 21.4 Å². The highest BCUT2D eigenvalue weighted by Crippen LogP contribution is 2.24. The number of carbonyl (C=O) groups is 1. The molecule has 0 spiro atoms. The fraction of sp³-hybridized carbons (Fsp3) is 0.364. The number of methoxy groups -OCH3 is 1. The van der Waals surface area contributed by atoms with Crippen LogP contribution in [-0.2, 0) is 4.74 Å². The lowest BCUT2D eigenvalue weighted by molar-refractivity contribution is 0.0598. The van der Waals surface area contributed by atoms with Gasteiger partial charge >= 0.3 is 5.97 Å². The van der Waals surface area contributed by atoms with Gasteiger partial charge in [0.2, 0.25) is 8.32 Å². The molecule has 0 saturated carbocycles. The fourth-order valence-corrected chi connectivity index (χ4v) is 2.07. The van der Waals surface area contributed by atoms with E-state index in [2.05, 4.69) is 4.74 Å². The zero-order valence-electron chi connectivity index (χ0n) is 10.0. The number of benzene rings is 1. The van der Waals surface area contributed by atoms with Crippen molar-refractivity contribution in [1.29, 1.82) is 0 Å². The molecule has 88 valence electrons.